The molecule has 1 fully saturated rings. The van der Waals surface area contributed by atoms with Crippen LogP contribution in [0.25, 0.3) is 0 Å². The van der Waals surface area contributed by atoms with Gasteiger partial charge in [-0.05, 0) is 81.0 Å². The molecule has 0 saturated carbocycles. The minimum atomic E-state index is -3.71. The zero-order valence-corrected chi connectivity index (χ0v) is 17.1. The molecule has 0 radical (unpaired) electrons. The number of benzene rings is 2. The molecule has 144 valence electrons. The third-order valence-electron chi connectivity index (χ3n) is 5.16. The molecule has 27 heavy (non-hydrogen) atoms. The Morgan fingerprint density at radius 1 is 0.889 bits per heavy atom. The normalized spacial score (nSPS) is 15.1. The summed E-state index contributed by atoms with van der Waals surface area (Å²) in [6.07, 6.45) is 2.41. The highest BCUT2D eigenvalue weighted by molar-refractivity contribution is 7.92. The number of piperidine rings is 1. The maximum atomic E-state index is 12.9. The van der Waals surface area contributed by atoms with Crippen LogP contribution < -0.4 is 9.62 Å². The van der Waals surface area contributed by atoms with Gasteiger partial charge in [-0.3, -0.25) is 9.52 Å². The van der Waals surface area contributed by atoms with Gasteiger partial charge in [0.05, 0.1) is 10.6 Å². The number of rotatable bonds is 4. The van der Waals surface area contributed by atoms with Gasteiger partial charge in [0.2, 0.25) is 5.91 Å². The number of carbonyl (C=O) groups excluding carboxylic acids is 1. The van der Waals surface area contributed by atoms with E-state index in [4.69, 9.17) is 0 Å². The van der Waals surface area contributed by atoms with Gasteiger partial charge < -0.3 is 4.90 Å². The van der Waals surface area contributed by atoms with E-state index in [1.165, 1.54) is 0 Å². The van der Waals surface area contributed by atoms with Crippen molar-refractivity contribution in [2.45, 2.75) is 51.9 Å². The van der Waals surface area contributed by atoms with Crippen LogP contribution >= 0.6 is 0 Å². The molecule has 3 rings (SSSR count). The van der Waals surface area contributed by atoms with Gasteiger partial charge in [-0.25, -0.2) is 8.42 Å². The van der Waals surface area contributed by atoms with Gasteiger partial charge in [0.1, 0.15) is 0 Å². The van der Waals surface area contributed by atoms with Gasteiger partial charge in [-0.1, -0.05) is 12.1 Å². The first-order chi connectivity index (χ1) is 12.7. The van der Waals surface area contributed by atoms with Crippen molar-refractivity contribution in [3.8, 4) is 0 Å². The molecule has 0 aromatic heterocycles. The fourth-order valence-corrected chi connectivity index (χ4v) is 4.82. The molecular formula is C21H26N2O3S. The number of nitrogens with zero attached hydrogens (tertiary/aromatic N) is 1. The Morgan fingerprint density at radius 3 is 2.30 bits per heavy atom. The highest BCUT2D eigenvalue weighted by Gasteiger charge is 2.23. The van der Waals surface area contributed by atoms with Crippen molar-refractivity contribution >= 4 is 27.3 Å². The highest BCUT2D eigenvalue weighted by atomic mass is 32.2. The Morgan fingerprint density at radius 2 is 1.59 bits per heavy atom. The molecule has 2 aromatic carbocycles. The molecule has 0 unspecified atom stereocenters. The standard InChI is InChI=1S/C21H26N2O3S/c1-14-8-9-18(13-19(14)23-10-6-5-7-21(23)24)22-27(25,26)20-12-16(3)15(2)11-17(20)4/h8-9,11-13,22H,5-7,10H2,1-4H3. The van der Waals surface area contributed by atoms with E-state index in [-0.39, 0.29) is 10.8 Å². The maximum Gasteiger partial charge on any atom is 0.262 e. The van der Waals surface area contributed by atoms with Gasteiger partial charge in [0, 0.05) is 18.7 Å². The van der Waals surface area contributed by atoms with Crippen LogP contribution in [0.3, 0.4) is 0 Å². The van der Waals surface area contributed by atoms with Crippen LogP contribution in [0, 0.1) is 27.7 Å². The van der Waals surface area contributed by atoms with E-state index < -0.39 is 10.0 Å². The Hall–Kier alpha value is -2.34. The predicted molar refractivity (Wildman–Crippen MR) is 109 cm³/mol. The summed E-state index contributed by atoms with van der Waals surface area (Å²) in [6, 6.07) is 8.93. The fraction of sp³-hybridized carbons (Fsp3) is 0.381. The molecule has 1 aliphatic rings. The van der Waals surface area contributed by atoms with Crippen LogP contribution in [0.5, 0.6) is 0 Å². The summed E-state index contributed by atoms with van der Waals surface area (Å²) in [5, 5.41) is 0. The van der Waals surface area contributed by atoms with E-state index in [0.717, 1.165) is 35.2 Å². The van der Waals surface area contributed by atoms with Gasteiger partial charge in [-0.2, -0.15) is 0 Å². The van der Waals surface area contributed by atoms with E-state index in [1.807, 2.05) is 32.9 Å². The van der Waals surface area contributed by atoms with Gasteiger partial charge in [0.15, 0.2) is 0 Å². The van der Waals surface area contributed by atoms with Crippen LogP contribution in [0.4, 0.5) is 11.4 Å². The second-order valence-corrected chi connectivity index (χ2v) is 8.96. The predicted octanol–water partition coefficient (Wildman–Crippen LogP) is 4.24. The molecule has 1 aliphatic heterocycles. The Bertz CT molecular complexity index is 997. The largest absolute Gasteiger partial charge is 0.312 e. The number of amides is 1. The number of sulfonamides is 1. The third-order valence-corrected chi connectivity index (χ3v) is 6.68. The first-order valence-corrected chi connectivity index (χ1v) is 10.7. The first kappa shape index (κ1) is 19.4. The second-order valence-electron chi connectivity index (χ2n) is 7.31. The highest BCUT2D eigenvalue weighted by Crippen LogP contribution is 2.29. The molecule has 0 aliphatic carbocycles. The van der Waals surface area contributed by atoms with Crippen LogP contribution in [0.15, 0.2) is 35.2 Å². The Balaban J connectivity index is 1.95. The molecule has 2 aromatic rings. The Labute approximate surface area is 161 Å². The summed E-state index contributed by atoms with van der Waals surface area (Å²) in [6.45, 7) is 8.27. The van der Waals surface area contributed by atoms with Crippen molar-refractivity contribution in [3.05, 3.63) is 52.6 Å². The molecule has 1 saturated heterocycles. The minimum Gasteiger partial charge on any atom is -0.312 e. The minimum absolute atomic E-state index is 0.0920. The smallest absolute Gasteiger partial charge is 0.262 e. The van der Waals surface area contributed by atoms with Crippen molar-refractivity contribution in [2.75, 3.05) is 16.2 Å². The molecule has 5 nitrogen and oxygen atoms in total. The van der Waals surface area contributed by atoms with Crippen LogP contribution in [0.2, 0.25) is 0 Å². The molecule has 0 bridgehead atoms. The lowest BCUT2D eigenvalue weighted by Gasteiger charge is -2.28. The summed E-state index contributed by atoms with van der Waals surface area (Å²) in [5.74, 6) is 0.0920. The lowest BCUT2D eigenvalue weighted by Crippen LogP contribution is -2.35. The number of hydrogen-bond donors (Lipinski definition) is 1. The Kier molecular flexibility index (Phi) is 5.29. The lowest BCUT2D eigenvalue weighted by molar-refractivity contribution is -0.119. The van der Waals surface area contributed by atoms with E-state index in [9.17, 15) is 13.2 Å². The third kappa shape index (κ3) is 4.00. The zero-order valence-electron chi connectivity index (χ0n) is 16.3. The summed E-state index contributed by atoms with van der Waals surface area (Å²) >= 11 is 0. The van der Waals surface area contributed by atoms with Crippen LogP contribution in [0.1, 0.15) is 41.5 Å². The zero-order chi connectivity index (χ0) is 19.8. The molecule has 0 spiro atoms. The molecule has 0 atom stereocenters. The van der Waals surface area contributed by atoms with Gasteiger partial charge >= 0.3 is 0 Å². The summed E-state index contributed by atoms with van der Waals surface area (Å²) < 4.78 is 28.5. The number of carbonyl (C=O) groups is 1. The molecule has 1 heterocycles. The number of aryl methyl sites for hydroxylation is 4. The first-order valence-electron chi connectivity index (χ1n) is 9.21. The van der Waals surface area contributed by atoms with Crippen molar-refractivity contribution in [1.29, 1.82) is 0 Å². The van der Waals surface area contributed by atoms with Crippen molar-refractivity contribution in [2.24, 2.45) is 0 Å². The number of nitrogens with one attached hydrogen (secondary N) is 1. The lowest BCUT2D eigenvalue weighted by atomic mass is 10.1. The number of hydrogen-bond acceptors (Lipinski definition) is 3. The van der Waals surface area contributed by atoms with Crippen molar-refractivity contribution in [3.63, 3.8) is 0 Å². The van der Waals surface area contributed by atoms with Gasteiger partial charge in [0.25, 0.3) is 10.0 Å². The van der Waals surface area contributed by atoms with Crippen LogP contribution in [-0.4, -0.2) is 20.9 Å². The fourth-order valence-electron chi connectivity index (χ4n) is 3.46. The van der Waals surface area contributed by atoms with E-state index in [2.05, 4.69) is 4.72 Å². The quantitative estimate of drug-likeness (QED) is 0.855. The van der Waals surface area contributed by atoms with E-state index in [0.29, 0.717) is 24.2 Å². The SMILES string of the molecule is Cc1cc(C)c(S(=O)(=O)Nc2ccc(C)c(N3CCCCC3=O)c2)cc1C. The van der Waals surface area contributed by atoms with E-state index in [1.54, 1.807) is 30.0 Å². The summed E-state index contributed by atoms with van der Waals surface area (Å²) in [7, 11) is -3.71. The topological polar surface area (TPSA) is 66.5 Å². The second kappa shape index (κ2) is 7.35. The van der Waals surface area contributed by atoms with E-state index >= 15 is 0 Å². The molecule has 1 N–H and O–H groups in total. The van der Waals surface area contributed by atoms with Gasteiger partial charge in [-0.15, -0.1) is 0 Å². The molecule has 1 amide bonds. The average Bonchev–Trinajstić information content (AvgIpc) is 2.60. The van der Waals surface area contributed by atoms with Crippen molar-refractivity contribution in [1.82, 2.24) is 0 Å². The van der Waals surface area contributed by atoms with Crippen LogP contribution in [-0.2, 0) is 14.8 Å². The maximum absolute atomic E-state index is 12.9. The van der Waals surface area contributed by atoms with Crippen molar-refractivity contribution < 1.29 is 13.2 Å². The summed E-state index contributed by atoms with van der Waals surface area (Å²) in [4.78, 5) is 14.3. The number of anilines is 2. The molecular weight excluding hydrogens is 360 g/mol. The monoisotopic (exact) mass is 386 g/mol. The molecule has 6 heteroatoms. The average molecular weight is 387 g/mol. The summed E-state index contributed by atoms with van der Waals surface area (Å²) in [5.41, 5.74) is 4.90.